The number of aryl methyl sites for hydroxylation is 1. The van der Waals surface area contributed by atoms with Gasteiger partial charge in [-0.3, -0.25) is 0 Å². The third-order valence-corrected chi connectivity index (χ3v) is 4.13. The summed E-state index contributed by atoms with van der Waals surface area (Å²) in [7, 11) is 1.98. The molecule has 0 atom stereocenters. The summed E-state index contributed by atoms with van der Waals surface area (Å²) in [6.45, 7) is 5.52. The van der Waals surface area contributed by atoms with Crippen LogP contribution in [0.25, 0.3) is 0 Å². The van der Waals surface area contributed by atoms with Crippen molar-refractivity contribution in [1.82, 2.24) is 10.6 Å². The van der Waals surface area contributed by atoms with Crippen LogP contribution in [0.4, 0.5) is 0 Å². The quantitative estimate of drug-likeness (QED) is 0.648. The maximum Gasteiger partial charge on any atom is 0.124 e. The van der Waals surface area contributed by atoms with Crippen LogP contribution in [0.5, 0.6) is 5.75 Å². The predicted octanol–water partition coefficient (Wildman–Crippen LogP) is 4.04. The molecule has 2 aromatic carbocycles. The number of ether oxygens (including phenoxy) is 1. The fourth-order valence-corrected chi connectivity index (χ4v) is 2.69. The Balaban J connectivity index is 1.93. The van der Waals surface area contributed by atoms with Crippen molar-refractivity contribution in [2.24, 2.45) is 0 Å². The SMILES string of the molecule is CNCCCNCc1cc(Br)ccc1OCc1ccc(C)cc1. The number of rotatable bonds is 9. The lowest BCUT2D eigenvalue weighted by molar-refractivity contribution is 0.302. The molecule has 0 saturated carbocycles. The first-order chi connectivity index (χ1) is 11.2. The Labute approximate surface area is 147 Å². The Bertz CT molecular complexity index is 599. The molecule has 4 heteroatoms. The zero-order valence-electron chi connectivity index (χ0n) is 13.9. The Morgan fingerprint density at radius 1 is 1.04 bits per heavy atom. The van der Waals surface area contributed by atoms with Crippen LogP contribution in [-0.4, -0.2) is 20.1 Å². The number of nitrogens with one attached hydrogen (secondary N) is 2. The summed E-state index contributed by atoms with van der Waals surface area (Å²) in [5.41, 5.74) is 3.63. The van der Waals surface area contributed by atoms with Crippen LogP contribution >= 0.6 is 15.9 Å². The van der Waals surface area contributed by atoms with Crippen molar-refractivity contribution in [3.63, 3.8) is 0 Å². The van der Waals surface area contributed by atoms with E-state index < -0.39 is 0 Å². The first-order valence-electron chi connectivity index (χ1n) is 8.01. The third-order valence-electron chi connectivity index (χ3n) is 3.63. The largest absolute Gasteiger partial charge is 0.489 e. The van der Waals surface area contributed by atoms with Crippen molar-refractivity contribution in [3.05, 3.63) is 63.6 Å². The normalized spacial score (nSPS) is 10.7. The second-order valence-corrected chi connectivity index (χ2v) is 6.58. The summed E-state index contributed by atoms with van der Waals surface area (Å²) >= 11 is 3.54. The molecule has 0 amide bonds. The molecule has 0 aliphatic heterocycles. The van der Waals surface area contributed by atoms with E-state index in [0.717, 1.165) is 36.3 Å². The molecule has 2 N–H and O–H groups in total. The van der Waals surface area contributed by atoms with Crippen LogP contribution in [0.1, 0.15) is 23.1 Å². The Hall–Kier alpha value is -1.36. The highest BCUT2D eigenvalue weighted by atomic mass is 79.9. The maximum absolute atomic E-state index is 6.02. The summed E-state index contributed by atoms with van der Waals surface area (Å²) in [6.07, 6.45) is 1.12. The van der Waals surface area contributed by atoms with Gasteiger partial charge >= 0.3 is 0 Å². The molecule has 0 aromatic heterocycles. The van der Waals surface area contributed by atoms with Gasteiger partial charge in [-0.2, -0.15) is 0 Å². The van der Waals surface area contributed by atoms with E-state index in [1.807, 2.05) is 19.2 Å². The zero-order chi connectivity index (χ0) is 16.5. The van der Waals surface area contributed by atoms with E-state index in [1.54, 1.807) is 0 Å². The van der Waals surface area contributed by atoms with Gasteiger partial charge in [0.15, 0.2) is 0 Å². The molecule has 0 heterocycles. The van der Waals surface area contributed by atoms with E-state index in [0.29, 0.717) is 6.61 Å². The van der Waals surface area contributed by atoms with Gasteiger partial charge in [0, 0.05) is 16.6 Å². The second-order valence-electron chi connectivity index (χ2n) is 5.66. The van der Waals surface area contributed by atoms with Gasteiger partial charge in [-0.15, -0.1) is 0 Å². The second kappa shape index (κ2) is 9.71. The molecule has 0 radical (unpaired) electrons. The van der Waals surface area contributed by atoms with E-state index in [-0.39, 0.29) is 0 Å². The summed E-state index contributed by atoms with van der Waals surface area (Å²) in [4.78, 5) is 0. The molecule has 0 unspecified atom stereocenters. The monoisotopic (exact) mass is 376 g/mol. The van der Waals surface area contributed by atoms with Crippen molar-refractivity contribution in [2.45, 2.75) is 26.5 Å². The molecular weight excluding hydrogens is 352 g/mol. The molecule has 0 aliphatic rings. The van der Waals surface area contributed by atoms with Gasteiger partial charge in [0.05, 0.1) is 0 Å². The van der Waals surface area contributed by atoms with Gasteiger partial charge in [-0.1, -0.05) is 45.8 Å². The minimum atomic E-state index is 0.592. The fraction of sp³-hybridized carbons (Fsp3) is 0.368. The Morgan fingerprint density at radius 3 is 2.57 bits per heavy atom. The molecule has 0 fully saturated rings. The average Bonchev–Trinajstić information content (AvgIpc) is 2.55. The predicted molar refractivity (Wildman–Crippen MR) is 99.9 cm³/mol. The molecule has 0 bridgehead atoms. The molecular formula is C19H25BrN2O. The summed E-state index contributed by atoms with van der Waals surface area (Å²) in [6, 6.07) is 14.6. The molecule has 0 saturated heterocycles. The lowest BCUT2D eigenvalue weighted by Gasteiger charge is -2.13. The lowest BCUT2D eigenvalue weighted by Crippen LogP contribution is -2.19. The maximum atomic E-state index is 6.02. The van der Waals surface area contributed by atoms with Gasteiger partial charge in [-0.25, -0.2) is 0 Å². The van der Waals surface area contributed by atoms with Crippen molar-refractivity contribution in [1.29, 1.82) is 0 Å². The minimum Gasteiger partial charge on any atom is -0.489 e. The highest BCUT2D eigenvalue weighted by Crippen LogP contribution is 2.24. The van der Waals surface area contributed by atoms with Crippen LogP contribution in [0, 0.1) is 6.92 Å². The average molecular weight is 377 g/mol. The number of benzene rings is 2. The summed E-state index contributed by atoms with van der Waals surface area (Å²) < 4.78 is 7.10. The van der Waals surface area contributed by atoms with Gasteiger partial charge in [-0.05, 0) is 57.2 Å². The van der Waals surface area contributed by atoms with Crippen molar-refractivity contribution in [3.8, 4) is 5.75 Å². The van der Waals surface area contributed by atoms with Crippen LogP contribution < -0.4 is 15.4 Å². The number of hydrogen-bond donors (Lipinski definition) is 2. The van der Waals surface area contributed by atoms with Gasteiger partial charge < -0.3 is 15.4 Å². The van der Waals surface area contributed by atoms with E-state index in [4.69, 9.17) is 4.74 Å². The smallest absolute Gasteiger partial charge is 0.124 e. The molecule has 23 heavy (non-hydrogen) atoms. The summed E-state index contributed by atoms with van der Waals surface area (Å²) in [5, 5.41) is 6.63. The zero-order valence-corrected chi connectivity index (χ0v) is 15.4. The molecule has 3 nitrogen and oxygen atoms in total. The molecule has 2 aromatic rings. The van der Waals surface area contributed by atoms with Gasteiger partial charge in [0.1, 0.15) is 12.4 Å². The molecule has 124 valence electrons. The van der Waals surface area contributed by atoms with Crippen LogP contribution in [-0.2, 0) is 13.2 Å². The highest BCUT2D eigenvalue weighted by Gasteiger charge is 2.05. The topological polar surface area (TPSA) is 33.3 Å². The minimum absolute atomic E-state index is 0.592. The number of halogens is 1. The van der Waals surface area contributed by atoms with E-state index >= 15 is 0 Å². The van der Waals surface area contributed by atoms with E-state index in [9.17, 15) is 0 Å². The molecule has 0 spiro atoms. The molecule has 2 rings (SSSR count). The van der Waals surface area contributed by atoms with Crippen LogP contribution in [0.2, 0.25) is 0 Å². The van der Waals surface area contributed by atoms with Crippen molar-refractivity contribution >= 4 is 15.9 Å². The highest BCUT2D eigenvalue weighted by molar-refractivity contribution is 9.10. The van der Waals surface area contributed by atoms with Gasteiger partial charge in [0.2, 0.25) is 0 Å². The van der Waals surface area contributed by atoms with E-state index in [2.05, 4.69) is 63.8 Å². The van der Waals surface area contributed by atoms with Crippen molar-refractivity contribution in [2.75, 3.05) is 20.1 Å². The Kier molecular flexibility index (Phi) is 7.59. The lowest BCUT2D eigenvalue weighted by atomic mass is 10.1. The third kappa shape index (κ3) is 6.34. The summed E-state index contributed by atoms with van der Waals surface area (Å²) in [5.74, 6) is 0.940. The van der Waals surface area contributed by atoms with E-state index in [1.165, 1.54) is 16.7 Å². The number of hydrogen-bond acceptors (Lipinski definition) is 3. The standard InChI is InChI=1S/C19H25BrN2O/c1-15-4-6-16(7-5-15)14-23-19-9-8-18(20)12-17(19)13-22-11-3-10-21-2/h4-9,12,21-22H,3,10-11,13-14H2,1-2H3. The fourth-order valence-electron chi connectivity index (χ4n) is 2.29. The van der Waals surface area contributed by atoms with Crippen LogP contribution in [0.3, 0.4) is 0 Å². The molecule has 0 aliphatic carbocycles. The first-order valence-corrected chi connectivity index (χ1v) is 8.80. The first kappa shape index (κ1) is 18.0. The van der Waals surface area contributed by atoms with Gasteiger partial charge in [0.25, 0.3) is 0 Å². The Morgan fingerprint density at radius 2 is 1.83 bits per heavy atom. The van der Waals surface area contributed by atoms with Crippen molar-refractivity contribution < 1.29 is 4.74 Å². The van der Waals surface area contributed by atoms with Crippen LogP contribution in [0.15, 0.2) is 46.9 Å².